The Hall–Kier alpha value is -2.03. The molecule has 136 valence electrons. The van der Waals surface area contributed by atoms with Gasteiger partial charge >= 0.3 is 12.4 Å². The molecule has 0 spiro atoms. The predicted molar refractivity (Wildman–Crippen MR) is 78.2 cm³/mol. The van der Waals surface area contributed by atoms with Crippen LogP contribution in [0.5, 0.6) is 5.88 Å². The normalized spacial score (nSPS) is 12.6. The second-order valence-corrected chi connectivity index (χ2v) is 5.68. The Morgan fingerprint density at radius 1 is 1.00 bits per heavy atom. The first kappa shape index (κ1) is 19.3. The van der Waals surface area contributed by atoms with E-state index in [0.717, 1.165) is 6.07 Å². The average Bonchev–Trinajstić information content (AvgIpc) is 2.43. The van der Waals surface area contributed by atoms with E-state index in [1.807, 2.05) is 0 Å². The number of halogens is 7. The molecule has 0 atom stereocenters. The molecule has 0 aromatic carbocycles. The van der Waals surface area contributed by atoms with Gasteiger partial charge in [-0.1, -0.05) is 11.6 Å². The van der Waals surface area contributed by atoms with E-state index in [1.54, 1.807) is 13.8 Å². The van der Waals surface area contributed by atoms with Gasteiger partial charge in [0.25, 0.3) is 0 Å². The van der Waals surface area contributed by atoms with Crippen molar-refractivity contribution in [1.29, 1.82) is 0 Å². The average molecular weight is 385 g/mol. The van der Waals surface area contributed by atoms with Gasteiger partial charge < -0.3 is 4.74 Å². The van der Waals surface area contributed by atoms with Crippen LogP contribution in [0.1, 0.15) is 25.0 Å². The molecule has 0 aliphatic carbocycles. The fourth-order valence-corrected chi connectivity index (χ4v) is 2.19. The van der Waals surface area contributed by atoms with Crippen LogP contribution in [0.3, 0.4) is 0 Å². The van der Waals surface area contributed by atoms with E-state index in [2.05, 4.69) is 9.97 Å². The lowest BCUT2D eigenvalue weighted by atomic mass is 10.0. The zero-order valence-corrected chi connectivity index (χ0v) is 13.6. The quantitative estimate of drug-likeness (QED) is 0.509. The topological polar surface area (TPSA) is 35.0 Å². The van der Waals surface area contributed by atoms with Gasteiger partial charge in [0.15, 0.2) is 0 Å². The minimum Gasteiger partial charge on any atom is -0.475 e. The Kier molecular flexibility index (Phi) is 5.17. The van der Waals surface area contributed by atoms with Crippen molar-refractivity contribution < 1.29 is 31.1 Å². The van der Waals surface area contributed by atoms with Gasteiger partial charge in [0.2, 0.25) is 5.88 Å². The fraction of sp³-hybridized carbons (Fsp3) is 0.333. The maximum absolute atomic E-state index is 13.2. The number of aromatic nitrogens is 2. The van der Waals surface area contributed by atoms with E-state index in [9.17, 15) is 26.3 Å². The fourth-order valence-electron chi connectivity index (χ4n) is 1.98. The molecule has 0 fully saturated rings. The summed E-state index contributed by atoms with van der Waals surface area (Å²) in [6, 6.07) is 1.92. The third kappa shape index (κ3) is 4.75. The molecule has 0 unspecified atom stereocenters. The number of ether oxygens (including phenoxy) is 1. The van der Waals surface area contributed by atoms with Crippen LogP contribution in [0.25, 0.3) is 11.3 Å². The van der Waals surface area contributed by atoms with Crippen LogP contribution in [0.2, 0.25) is 5.15 Å². The van der Waals surface area contributed by atoms with Crippen LogP contribution in [0.4, 0.5) is 26.3 Å². The highest BCUT2D eigenvalue weighted by molar-refractivity contribution is 6.29. The van der Waals surface area contributed by atoms with Crippen molar-refractivity contribution in [3.8, 4) is 17.1 Å². The van der Waals surface area contributed by atoms with E-state index in [0.29, 0.717) is 18.3 Å². The van der Waals surface area contributed by atoms with Gasteiger partial charge in [-0.05, 0) is 26.0 Å². The molecule has 2 aromatic rings. The predicted octanol–water partition coefficient (Wildman–Crippen LogP) is 5.62. The summed E-state index contributed by atoms with van der Waals surface area (Å²) in [6.07, 6.45) is -9.54. The minimum atomic E-state index is -4.85. The molecule has 0 saturated carbocycles. The van der Waals surface area contributed by atoms with Crippen LogP contribution in [-0.4, -0.2) is 16.1 Å². The van der Waals surface area contributed by atoms with Crippen molar-refractivity contribution in [2.45, 2.75) is 32.3 Å². The smallest absolute Gasteiger partial charge is 0.418 e. The van der Waals surface area contributed by atoms with Gasteiger partial charge in [-0.2, -0.15) is 26.3 Å². The Morgan fingerprint density at radius 3 is 2.16 bits per heavy atom. The van der Waals surface area contributed by atoms with Crippen LogP contribution in [0.15, 0.2) is 24.4 Å². The molecule has 0 aliphatic rings. The Morgan fingerprint density at radius 2 is 1.64 bits per heavy atom. The highest BCUT2D eigenvalue weighted by atomic mass is 35.5. The third-order valence-corrected chi connectivity index (χ3v) is 3.13. The van der Waals surface area contributed by atoms with Gasteiger partial charge in [0, 0.05) is 17.8 Å². The summed E-state index contributed by atoms with van der Waals surface area (Å²) in [5, 5.41) is -0.582. The minimum absolute atomic E-state index is 0.173. The first-order valence-corrected chi connectivity index (χ1v) is 7.25. The summed E-state index contributed by atoms with van der Waals surface area (Å²) >= 11 is 5.56. The largest absolute Gasteiger partial charge is 0.475 e. The van der Waals surface area contributed by atoms with E-state index in [4.69, 9.17) is 16.3 Å². The summed E-state index contributed by atoms with van der Waals surface area (Å²) in [7, 11) is 0. The van der Waals surface area contributed by atoms with Crippen molar-refractivity contribution >= 4 is 11.6 Å². The second kappa shape index (κ2) is 6.70. The third-order valence-electron chi connectivity index (χ3n) is 2.94. The maximum atomic E-state index is 13.2. The molecule has 10 heteroatoms. The SMILES string of the molecule is CC(C)Oc1cc(-c2cc(C(F)(F)F)cc(Cl)n2)c(C(F)(F)F)cn1. The molecule has 2 heterocycles. The van der Waals surface area contributed by atoms with E-state index in [1.165, 1.54) is 0 Å². The number of alkyl halides is 6. The van der Waals surface area contributed by atoms with Crippen LogP contribution in [0, 0.1) is 0 Å². The van der Waals surface area contributed by atoms with Crippen LogP contribution < -0.4 is 4.74 Å². The van der Waals surface area contributed by atoms with Crippen molar-refractivity contribution in [1.82, 2.24) is 9.97 Å². The summed E-state index contributed by atoms with van der Waals surface area (Å²) in [4.78, 5) is 7.13. The molecule has 0 bridgehead atoms. The Balaban J connectivity index is 2.69. The lowest BCUT2D eigenvalue weighted by Crippen LogP contribution is -2.12. The van der Waals surface area contributed by atoms with Crippen molar-refractivity contribution in [3.05, 3.63) is 40.7 Å². The van der Waals surface area contributed by atoms with Gasteiger partial charge in [-0.25, -0.2) is 9.97 Å². The molecule has 25 heavy (non-hydrogen) atoms. The molecule has 0 aliphatic heterocycles. The molecular weight excluding hydrogens is 374 g/mol. The molecule has 0 saturated heterocycles. The Labute approximate surface area is 143 Å². The second-order valence-electron chi connectivity index (χ2n) is 5.29. The van der Waals surface area contributed by atoms with Gasteiger partial charge in [0.05, 0.1) is 22.9 Å². The number of rotatable bonds is 3. The molecule has 0 radical (unpaired) electrons. The monoisotopic (exact) mass is 384 g/mol. The maximum Gasteiger partial charge on any atom is 0.418 e. The van der Waals surface area contributed by atoms with E-state index in [-0.39, 0.29) is 5.88 Å². The number of pyridine rings is 2. The molecule has 3 nitrogen and oxygen atoms in total. The molecular formula is C15H11ClF6N2O. The first-order valence-electron chi connectivity index (χ1n) is 6.87. The van der Waals surface area contributed by atoms with Crippen LogP contribution in [-0.2, 0) is 12.4 Å². The number of hydrogen-bond acceptors (Lipinski definition) is 3. The summed E-state index contributed by atoms with van der Waals surface area (Å²) < 4.78 is 83.5. The van der Waals surface area contributed by atoms with Gasteiger partial charge in [0.1, 0.15) is 5.15 Å². The highest BCUT2D eigenvalue weighted by Crippen LogP contribution is 2.40. The Bertz CT molecular complexity index is 774. The van der Waals surface area contributed by atoms with Crippen LogP contribution >= 0.6 is 11.6 Å². The summed E-state index contributed by atoms with van der Waals surface area (Å²) in [5.74, 6) is -0.173. The highest BCUT2D eigenvalue weighted by Gasteiger charge is 2.36. The number of hydrogen-bond donors (Lipinski definition) is 0. The standard InChI is InChI=1S/C15H11ClF6N2O/c1-7(2)25-13-5-9(10(6-23-13)15(20,21)22)11-3-8(14(17,18)19)4-12(16)24-11/h3-7H,1-2H3. The van der Waals surface area contributed by atoms with Gasteiger partial charge in [-0.15, -0.1) is 0 Å². The summed E-state index contributed by atoms with van der Waals surface area (Å²) in [6.45, 7) is 3.25. The van der Waals surface area contributed by atoms with E-state index < -0.39 is 46.0 Å². The lowest BCUT2D eigenvalue weighted by molar-refractivity contribution is -0.137. The van der Waals surface area contributed by atoms with Crippen molar-refractivity contribution in [2.75, 3.05) is 0 Å². The molecule has 0 amide bonds. The zero-order chi connectivity index (χ0) is 19.0. The molecule has 2 rings (SSSR count). The molecule has 2 aromatic heterocycles. The van der Waals surface area contributed by atoms with Gasteiger partial charge in [-0.3, -0.25) is 0 Å². The molecule has 0 N–H and O–H groups in total. The summed E-state index contributed by atoms with van der Waals surface area (Å²) in [5.41, 5.74) is -3.64. The first-order chi connectivity index (χ1) is 11.4. The van der Waals surface area contributed by atoms with Crippen molar-refractivity contribution in [3.63, 3.8) is 0 Å². The zero-order valence-electron chi connectivity index (χ0n) is 12.8. The number of nitrogens with zero attached hydrogens (tertiary/aromatic N) is 2. The van der Waals surface area contributed by atoms with E-state index >= 15 is 0 Å². The lowest BCUT2D eigenvalue weighted by Gasteiger charge is -2.16. The van der Waals surface area contributed by atoms with Crippen molar-refractivity contribution in [2.24, 2.45) is 0 Å².